The maximum Gasteiger partial charge on any atom is 0.127 e. The summed E-state index contributed by atoms with van der Waals surface area (Å²) in [6.45, 7) is 0. The van der Waals surface area contributed by atoms with Crippen molar-refractivity contribution in [2.24, 2.45) is 4.99 Å². The Balaban J connectivity index is 2.29. The molecule has 2 heteroatoms. The van der Waals surface area contributed by atoms with Gasteiger partial charge in [0.05, 0.1) is 0 Å². The molecule has 0 amide bonds. The first-order valence-electron chi connectivity index (χ1n) is 6.07. The molecule has 2 nitrogen and oxygen atoms in total. The summed E-state index contributed by atoms with van der Waals surface area (Å²) in [6.07, 6.45) is 8.06. The molecule has 1 aromatic rings. The van der Waals surface area contributed by atoms with Gasteiger partial charge in [0.1, 0.15) is 5.75 Å². The van der Waals surface area contributed by atoms with Crippen molar-refractivity contribution in [1.29, 1.82) is 0 Å². The van der Waals surface area contributed by atoms with E-state index in [1.165, 1.54) is 32.1 Å². The number of aromatic hydroxyl groups is 1. The molecule has 0 heterocycles. The highest BCUT2D eigenvalue weighted by molar-refractivity contribution is 5.84. The topological polar surface area (TPSA) is 32.6 Å². The van der Waals surface area contributed by atoms with Crippen LogP contribution in [-0.2, 0) is 0 Å². The number of phenols is 1. The van der Waals surface area contributed by atoms with Gasteiger partial charge in [-0.3, -0.25) is 4.99 Å². The molecule has 1 aromatic carbocycles. The van der Waals surface area contributed by atoms with Gasteiger partial charge in [-0.25, -0.2) is 0 Å². The van der Waals surface area contributed by atoms with Crippen LogP contribution in [0.3, 0.4) is 0 Å². The van der Waals surface area contributed by atoms with E-state index in [4.69, 9.17) is 0 Å². The summed E-state index contributed by atoms with van der Waals surface area (Å²) in [5.41, 5.74) is 1.95. The highest BCUT2D eigenvalue weighted by Gasteiger charge is 2.19. The van der Waals surface area contributed by atoms with Gasteiger partial charge in [0.25, 0.3) is 0 Å². The Morgan fingerprint density at radius 3 is 2.69 bits per heavy atom. The van der Waals surface area contributed by atoms with Crippen molar-refractivity contribution in [2.45, 2.75) is 38.0 Å². The molecule has 0 bridgehead atoms. The highest BCUT2D eigenvalue weighted by Crippen LogP contribution is 2.37. The van der Waals surface area contributed by atoms with Crippen LogP contribution in [0.25, 0.3) is 0 Å². The van der Waals surface area contributed by atoms with Crippen molar-refractivity contribution in [3.8, 4) is 5.75 Å². The summed E-state index contributed by atoms with van der Waals surface area (Å²) in [4.78, 5) is 3.97. The first kappa shape index (κ1) is 11.2. The zero-order valence-electron chi connectivity index (χ0n) is 9.82. The van der Waals surface area contributed by atoms with E-state index in [2.05, 4.69) is 11.1 Å². The van der Waals surface area contributed by atoms with Gasteiger partial charge in [0.15, 0.2) is 0 Å². The minimum atomic E-state index is 0.431. The normalized spacial score (nSPS) is 18.1. The maximum absolute atomic E-state index is 10.2. The molecule has 0 atom stereocenters. The molecular weight excluding hydrogens is 198 g/mol. The summed E-state index contributed by atoms with van der Waals surface area (Å²) >= 11 is 0. The Bertz CT molecular complexity index is 378. The zero-order chi connectivity index (χ0) is 11.4. The molecule has 1 aliphatic carbocycles. The van der Waals surface area contributed by atoms with E-state index in [9.17, 15) is 5.11 Å². The fourth-order valence-corrected chi connectivity index (χ4v) is 2.57. The third-order valence-corrected chi connectivity index (χ3v) is 3.41. The predicted molar refractivity (Wildman–Crippen MR) is 67.5 cm³/mol. The minimum Gasteiger partial charge on any atom is -0.507 e. The molecule has 1 fully saturated rings. The van der Waals surface area contributed by atoms with Crippen molar-refractivity contribution in [2.75, 3.05) is 7.05 Å². The summed E-state index contributed by atoms with van der Waals surface area (Å²) < 4.78 is 0. The molecule has 0 spiro atoms. The van der Waals surface area contributed by atoms with Gasteiger partial charge in [-0.1, -0.05) is 31.4 Å². The number of nitrogens with zero attached hydrogens (tertiary/aromatic N) is 1. The maximum atomic E-state index is 10.2. The molecule has 1 N–H and O–H groups in total. The molecule has 0 radical (unpaired) electrons. The van der Waals surface area contributed by atoms with Crippen molar-refractivity contribution in [3.05, 3.63) is 29.3 Å². The summed E-state index contributed by atoms with van der Waals surface area (Å²) in [5, 5.41) is 10.2. The molecule has 0 saturated heterocycles. The second kappa shape index (κ2) is 5.15. The predicted octanol–water partition coefficient (Wildman–Crippen LogP) is 3.49. The number of benzene rings is 1. The van der Waals surface area contributed by atoms with Crippen LogP contribution in [0.1, 0.15) is 49.1 Å². The highest BCUT2D eigenvalue weighted by atomic mass is 16.3. The van der Waals surface area contributed by atoms with Crippen LogP contribution in [0.15, 0.2) is 23.2 Å². The van der Waals surface area contributed by atoms with Gasteiger partial charge in [-0.15, -0.1) is 0 Å². The average molecular weight is 217 g/mol. The molecule has 0 aliphatic heterocycles. The van der Waals surface area contributed by atoms with Crippen LogP contribution in [0.4, 0.5) is 0 Å². The summed E-state index contributed by atoms with van der Waals surface area (Å²) in [6, 6.07) is 5.98. The van der Waals surface area contributed by atoms with Crippen molar-refractivity contribution in [3.63, 3.8) is 0 Å². The van der Waals surface area contributed by atoms with Crippen molar-refractivity contribution >= 4 is 6.21 Å². The monoisotopic (exact) mass is 217 g/mol. The molecule has 1 aliphatic rings. The van der Waals surface area contributed by atoms with Gasteiger partial charge < -0.3 is 5.11 Å². The molecule has 86 valence electrons. The third kappa shape index (κ3) is 2.26. The number of para-hydroxylation sites is 1. The van der Waals surface area contributed by atoms with Crippen LogP contribution in [-0.4, -0.2) is 18.4 Å². The molecule has 1 saturated carbocycles. The molecule has 2 rings (SSSR count). The number of aliphatic imine (C=N–C) groups is 1. The fourth-order valence-electron chi connectivity index (χ4n) is 2.57. The van der Waals surface area contributed by atoms with Crippen LogP contribution < -0.4 is 0 Å². The minimum absolute atomic E-state index is 0.431. The van der Waals surface area contributed by atoms with E-state index in [0.29, 0.717) is 11.7 Å². The largest absolute Gasteiger partial charge is 0.507 e. The number of phenolic OH excluding ortho intramolecular Hbond substituents is 1. The van der Waals surface area contributed by atoms with Crippen LogP contribution >= 0.6 is 0 Å². The fraction of sp³-hybridized carbons (Fsp3) is 0.500. The lowest BCUT2D eigenvalue weighted by Crippen LogP contribution is -2.05. The van der Waals surface area contributed by atoms with Crippen LogP contribution in [0.2, 0.25) is 0 Å². The lowest BCUT2D eigenvalue weighted by atomic mass is 9.83. The third-order valence-electron chi connectivity index (χ3n) is 3.41. The van der Waals surface area contributed by atoms with Crippen molar-refractivity contribution < 1.29 is 5.11 Å². The van der Waals surface area contributed by atoms with Gasteiger partial charge in [0, 0.05) is 18.8 Å². The number of hydrogen-bond acceptors (Lipinski definition) is 2. The quantitative estimate of drug-likeness (QED) is 0.756. The van der Waals surface area contributed by atoms with E-state index in [1.807, 2.05) is 12.1 Å². The van der Waals surface area contributed by atoms with E-state index >= 15 is 0 Å². The van der Waals surface area contributed by atoms with Gasteiger partial charge in [-0.2, -0.15) is 0 Å². The second-order valence-corrected chi connectivity index (χ2v) is 4.51. The Hall–Kier alpha value is -1.31. The lowest BCUT2D eigenvalue weighted by molar-refractivity contribution is 0.414. The molecule has 0 unspecified atom stereocenters. The van der Waals surface area contributed by atoms with Gasteiger partial charge in [-0.05, 0) is 30.4 Å². The smallest absolute Gasteiger partial charge is 0.127 e. The van der Waals surface area contributed by atoms with E-state index < -0.39 is 0 Å². The number of hydrogen-bond donors (Lipinski definition) is 1. The average Bonchev–Trinajstić information content (AvgIpc) is 2.33. The first-order valence-corrected chi connectivity index (χ1v) is 6.07. The Kier molecular flexibility index (Phi) is 3.60. The lowest BCUT2D eigenvalue weighted by Gasteiger charge is -2.23. The zero-order valence-corrected chi connectivity index (χ0v) is 9.82. The molecular formula is C14H19NO. The van der Waals surface area contributed by atoms with E-state index in [0.717, 1.165) is 11.1 Å². The van der Waals surface area contributed by atoms with Gasteiger partial charge in [0.2, 0.25) is 0 Å². The SMILES string of the molecule is CN=Cc1cccc(C2CCCCC2)c1O. The van der Waals surface area contributed by atoms with E-state index in [1.54, 1.807) is 13.3 Å². The summed E-state index contributed by atoms with van der Waals surface area (Å²) in [7, 11) is 1.73. The Morgan fingerprint density at radius 1 is 1.25 bits per heavy atom. The van der Waals surface area contributed by atoms with Gasteiger partial charge >= 0.3 is 0 Å². The van der Waals surface area contributed by atoms with Crippen molar-refractivity contribution in [1.82, 2.24) is 0 Å². The summed E-state index contributed by atoms with van der Waals surface area (Å²) in [5.74, 6) is 0.971. The number of rotatable bonds is 2. The Labute approximate surface area is 97.0 Å². The second-order valence-electron chi connectivity index (χ2n) is 4.51. The standard InChI is InChI=1S/C14H19NO/c1-15-10-12-8-5-9-13(14(12)16)11-6-3-2-4-7-11/h5,8-11,16H,2-4,6-7H2,1H3. The van der Waals surface area contributed by atoms with E-state index in [-0.39, 0.29) is 0 Å². The Morgan fingerprint density at radius 2 is 2.00 bits per heavy atom. The van der Waals surface area contributed by atoms with Crippen LogP contribution in [0.5, 0.6) is 5.75 Å². The first-order chi connectivity index (χ1) is 7.83. The molecule has 16 heavy (non-hydrogen) atoms. The molecule has 0 aromatic heterocycles. The van der Waals surface area contributed by atoms with Crippen LogP contribution in [0, 0.1) is 0 Å².